The average molecular weight is 703 g/mol. The largest absolute Gasteiger partial charge is 1.00 e. The van der Waals surface area contributed by atoms with Gasteiger partial charge in [0.15, 0.2) is 0 Å². The maximum atomic E-state index is 2.37. The number of halogens is 2. The molecule has 0 saturated heterocycles. The van der Waals surface area contributed by atoms with Gasteiger partial charge in [-0.25, -0.2) is 0 Å². The van der Waals surface area contributed by atoms with Gasteiger partial charge in [0.1, 0.15) is 0 Å². The fourth-order valence-electron chi connectivity index (χ4n) is 4.88. The van der Waals surface area contributed by atoms with E-state index in [1.165, 1.54) is 44.6 Å². The number of hydrogen-bond donors (Lipinski definition) is 0. The Morgan fingerprint density at radius 1 is 0.550 bits per heavy atom. The topological polar surface area (TPSA) is 0 Å². The molecule has 0 amide bonds. The summed E-state index contributed by atoms with van der Waals surface area (Å²) in [5, 5.41) is 0. The summed E-state index contributed by atoms with van der Waals surface area (Å²) in [4.78, 5) is 0. The first-order chi connectivity index (χ1) is 18.4. The van der Waals surface area contributed by atoms with Gasteiger partial charge < -0.3 is 24.8 Å². The molecule has 4 heteroatoms. The molecule has 2 atom stereocenters. The van der Waals surface area contributed by atoms with Gasteiger partial charge in [0.2, 0.25) is 0 Å². The van der Waals surface area contributed by atoms with E-state index in [1.54, 1.807) is 21.6 Å². The third kappa shape index (κ3) is 9.59. The Kier molecular flexibility index (Phi) is 14.7. The molecule has 0 saturated carbocycles. The fraction of sp³-hybridized carbons (Fsp3) is 0.167. The zero-order valence-corrected chi connectivity index (χ0v) is 29.7. The maximum absolute atomic E-state index is 2.37. The molecule has 2 aromatic rings. The third-order valence-corrected chi connectivity index (χ3v) is 6.42. The number of allylic oxidation sites excluding steroid dienone is 16. The van der Waals surface area contributed by atoms with Gasteiger partial charge in [-0.1, -0.05) is 122 Å². The number of benzene rings is 2. The number of hydrogen-bond acceptors (Lipinski definition) is 0. The fourth-order valence-corrected chi connectivity index (χ4v) is 4.88. The van der Waals surface area contributed by atoms with Crippen LogP contribution in [0.1, 0.15) is 25.0 Å². The molecule has 204 valence electrons. The summed E-state index contributed by atoms with van der Waals surface area (Å²) in [7, 11) is -0.243. The van der Waals surface area contributed by atoms with Crippen LogP contribution in [0.25, 0.3) is 11.1 Å². The van der Waals surface area contributed by atoms with Crippen LogP contribution in [-0.2, 0) is 21.6 Å². The van der Waals surface area contributed by atoms with Crippen molar-refractivity contribution in [3.05, 3.63) is 168 Å². The van der Waals surface area contributed by atoms with Crippen LogP contribution >= 0.6 is 0 Å². The second-order valence-electron chi connectivity index (χ2n) is 10.1. The molecular weight excluding hydrogens is 667 g/mol. The van der Waals surface area contributed by atoms with Gasteiger partial charge in [-0.3, -0.25) is 0 Å². The van der Waals surface area contributed by atoms with Gasteiger partial charge in [0.25, 0.3) is 0 Å². The van der Waals surface area contributed by atoms with Crippen LogP contribution in [0.4, 0.5) is 0 Å². The van der Waals surface area contributed by atoms with Crippen LogP contribution in [0.5, 0.6) is 0 Å². The van der Waals surface area contributed by atoms with E-state index in [0.29, 0.717) is 11.8 Å². The van der Waals surface area contributed by atoms with Gasteiger partial charge in [0.05, 0.1) is 0 Å². The standard InChI is InChI=1S/2C17H15.C2H6Ge.2ClH.Zr/c2*1-13-11-15-9-5-6-10-16(17(15)12-13)14-7-3-2-4-8-14;1-3-2;;;/h2*2-13H,1H3;1-2H3;2*1H;/q2*-1;;;;+2/p-2. The molecule has 0 nitrogen and oxygen atoms in total. The van der Waals surface area contributed by atoms with Crippen LogP contribution in [0, 0.1) is 24.7 Å². The molecule has 2 unspecified atom stereocenters. The van der Waals surface area contributed by atoms with Crippen molar-refractivity contribution < 1.29 is 46.4 Å². The van der Waals surface area contributed by atoms with E-state index in [9.17, 15) is 0 Å². The smallest absolute Gasteiger partial charge is 1.00 e. The summed E-state index contributed by atoms with van der Waals surface area (Å²) in [5.41, 5.74) is 10.7. The molecule has 6 rings (SSSR count). The first-order valence-electron chi connectivity index (χ1n) is 13.4. The Morgan fingerprint density at radius 3 is 1.23 bits per heavy atom. The molecule has 0 bridgehead atoms. The molecule has 0 N–H and O–H groups in total. The Hall–Kier alpha value is -1.89. The SMILES string of the molecule is CC1C=C2C(=CC=CC=C2c2ccccc2)[CH-]1.CC1C=C2C(=CC=CC=C2c2ccccc2)[CH-]1.[CH3][Ge]([CH3])=[Zr+2].[Cl-].[Cl-]. The van der Waals surface area contributed by atoms with Crippen molar-refractivity contribution in [2.75, 3.05) is 0 Å². The molecule has 0 aromatic heterocycles. The molecule has 4 aliphatic carbocycles. The van der Waals surface area contributed by atoms with Crippen molar-refractivity contribution in [2.45, 2.75) is 25.4 Å². The summed E-state index contributed by atoms with van der Waals surface area (Å²) in [6.45, 7) is 4.46. The van der Waals surface area contributed by atoms with Gasteiger partial charge in [-0.2, -0.15) is 36.1 Å². The van der Waals surface area contributed by atoms with Gasteiger partial charge in [-0.15, -0.1) is 35.5 Å². The summed E-state index contributed by atoms with van der Waals surface area (Å²) >= 11 is 1.80. The molecule has 4 aliphatic rings. The Morgan fingerprint density at radius 2 is 0.875 bits per heavy atom. The molecule has 0 radical (unpaired) electrons. The Bertz CT molecular complexity index is 1300. The molecule has 0 aliphatic heterocycles. The first-order valence-corrected chi connectivity index (χ1v) is 25.0. The molecule has 0 heterocycles. The third-order valence-electron chi connectivity index (χ3n) is 6.42. The van der Waals surface area contributed by atoms with Gasteiger partial charge >= 0.3 is 43.1 Å². The summed E-state index contributed by atoms with van der Waals surface area (Å²) in [6.07, 6.45) is 26.6. The second kappa shape index (κ2) is 17.2. The van der Waals surface area contributed by atoms with E-state index in [0.717, 1.165) is 0 Å². The number of rotatable bonds is 2. The van der Waals surface area contributed by atoms with Crippen LogP contribution in [-0.4, -0.2) is 9.98 Å². The van der Waals surface area contributed by atoms with Crippen LogP contribution in [0.15, 0.2) is 144 Å². The zero-order chi connectivity index (χ0) is 26.9. The molecule has 40 heavy (non-hydrogen) atoms. The quantitative estimate of drug-likeness (QED) is 0.333. The molecule has 0 fully saturated rings. The minimum absolute atomic E-state index is 0. The van der Waals surface area contributed by atoms with Crippen molar-refractivity contribution in [1.82, 2.24) is 0 Å². The Balaban J connectivity index is 0.000000237. The minimum Gasteiger partial charge on any atom is -1.00 e. The molecular formula is C36H36Cl2GeZr-2. The summed E-state index contributed by atoms with van der Waals surface area (Å²) in [6, 6.07) is 21.2. The molecule has 0 spiro atoms. The van der Waals surface area contributed by atoms with Crippen molar-refractivity contribution in [3.8, 4) is 0 Å². The normalized spacial score (nSPS) is 19.4. The zero-order valence-electron chi connectivity index (χ0n) is 23.6. The summed E-state index contributed by atoms with van der Waals surface area (Å²) < 4.78 is 0. The molecule has 2 aromatic carbocycles. The maximum Gasteiger partial charge on any atom is -1.00 e. The van der Waals surface area contributed by atoms with Crippen molar-refractivity contribution in [3.63, 3.8) is 0 Å². The van der Waals surface area contributed by atoms with Crippen LogP contribution < -0.4 is 24.8 Å². The van der Waals surface area contributed by atoms with E-state index in [2.05, 4.69) is 160 Å². The van der Waals surface area contributed by atoms with E-state index in [-0.39, 0.29) is 34.8 Å². The minimum atomic E-state index is -0.243. The van der Waals surface area contributed by atoms with Crippen molar-refractivity contribution in [2.24, 2.45) is 11.8 Å². The Labute approximate surface area is 270 Å². The van der Waals surface area contributed by atoms with E-state index in [1.807, 2.05) is 0 Å². The van der Waals surface area contributed by atoms with E-state index < -0.39 is 0 Å². The number of fused-ring (bicyclic) bond motifs is 2. The first kappa shape index (κ1) is 34.3. The van der Waals surface area contributed by atoms with Gasteiger partial charge in [-0.05, 0) is 11.1 Å². The second-order valence-corrected chi connectivity index (χ2v) is 27.1. The van der Waals surface area contributed by atoms with Crippen LogP contribution in [0.3, 0.4) is 0 Å². The monoisotopic (exact) mass is 702 g/mol. The van der Waals surface area contributed by atoms with Crippen LogP contribution in [0.2, 0.25) is 11.5 Å². The van der Waals surface area contributed by atoms with Crippen molar-refractivity contribution in [1.29, 1.82) is 0 Å². The predicted molar refractivity (Wildman–Crippen MR) is 164 cm³/mol. The predicted octanol–water partition coefficient (Wildman–Crippen LogP) is 3.49. The summed E-state index contributed by atoms with van der Waals surface area (Å²) in [5.74, 6) is 5.82. The van der Waals surface area contributed by atoms with Crippen molar-refractivity contribution >= 4 is 21.1 Å². The van der Waals surface area contributed by atoms with E-state index >= 15 is 0 Å². The van der Waals surface area contributed by atoms with E-state index in [4.69, 9.17) is 0 Å². The average Bonchev–Trinajstić information content (AvgIpc) is 3.31. The van der Waals surface area contributed by atoms with Gasteiger partial charge in [0, 0.05) is 0 Å².